The van der Waals surface area contributed by atoms with E-state index in [1.54, 1.807) is 12.1 Å². The number of hydrogen-bond donors (Lipinski definition) is 1. The standard InChI is InChI=1S/C16H16ClNO4S/c1-11-5-3-4-6-13(11)10-23(20,21)18-15-9-12(16(19)22-2)7-8-14(15)17/h3-9,18H,10H2,1-2H3. The van der Waals surface area contributed by atoms with Crippen LogP contribution < -0.4 is 4.72 Å². The Morgan fingerprint density at radius 2 is 1.91 bits per heavy atom. The van der Waals surface area contributed by atoms with Crippen molar-refractivity contribution in [1.29, 1.82) is 0 Å². The Hall–Kier alpha value is -2.05. The molecule has 0 aliphatic heterocycles. The maximum atomic E-state index is 12.3. The van der Waals surface area contributed by atoms with Gasteiger partial charge in [0.25, 0.3) is 0 Å². The number of halogens is 1. The van der Waals surface area contributed by atoms with Crippen molar-refractivity contribution in [1.82, 2.24) is 0 Å². The summed E-state index contributed by atoms with van der Waals surface area (Å²) < 4.78 is 31.7. The maximum Gasteiger partial charge on any atom is 0.337 e. The average Bonchev–Trinajstić information content (AvgIpc) is 2.50. The number of esters is 1. The molecule has 0 aliphatic carbocycles. The molecule has 0 amide bonds. The molecule has 23 heavy (non-hydrogen) atoms. The summed E-state index contributed by atoms with van der Waals surface area (Å²) in [6.45, 7) is 1.84. The number of rotatable bonds is 5. The number of aryl methyl sites for hydroxylation is 1. The van der Waals surface area contributed by atoms with E-state index < -0.39 is 16.0 Å². The number of benzene rings is 2. The molecule has 7 heteroatoms. The second-order valence-electron chi connectivity index (χ2n) is 4.97. The van der Waals surface area contributed by atoms with Crippen molar-refractivity contribution in [2.75, 3.05) is 11.8 Å². The van der Waals surface area contributed by atoms with Gasteiger partial charge in [0.2, 0.25) is 10.0 Å². The van der Waals surface area contributed by atoms with Crippen molar-refractivity contribution < 1.29 is 17.9 Å². The summed E-state index contributed by atoms with van der Waals surface area (Å²) in [6, 6.07) is 11.5. The van der Waals surface area contributed by atoms with E-state index in [4.69, 9.17) is 11.6 Å². The van der Waals surface area contributed by atoms with E-state index in [2.05, 4.69) is 9.46 Å². The molecule has 0 saturated heterocycles. The third kappa shape index (κ3) is 4.46. The highest BCUT2D eigenvalue weighted by molar-refractivity contribution is 7.91. The molecule has 2 aromatic rings. The molecule has 0 spiro atoms. The summed E-state index contributed by atoms with van der Waals surface area (Å²) in [5, 5.41) is 0.200. The lowest BCUT2D eigenvalue weighted by atomic mass is 10.1. The summed E-state index contributed by atoms with van der Waals surface area (Å²) >= 11 is 6.01. The zero-order chi connectivity index (χ0) is 17.0. The van der Waals surface area contributed by atoms with Crippen LogP contribution in [0.4, 0.5) is 5.69 Å². The molecule has 0 saturated carbocycles. The predicted octanol–water partition coefficient (Wildman–Crippen LogP) is 3.38. The van der Waals surface area contributed by atoms with Crippen molar-refractivity contribution in [2.45, 2.75) is 12.7 Å². The molecular formula is C16H16ClNO4S. The lowest BCUT2D eigenvalue weighted by Gasteiger charge is -2.12. The Labute approximate surface area is 140 Å². The fourth-order valence-corrected chi connectivity index (χ4v) is 3.56. The third-order valence-electron chi connectivity index (χ3n) is 3.26. The van der Waals surface area contributed by atoms with E-state index in [9.17, 15) is 13.2 Å². The van der Waals surface area contributed by atoms with Crippen molar-refractivity contribution in [3.8, 4) is 0 Å². The molecule has 2 aromatic carbocycles. The van der Waals surface area contributed by atoms with Gasteiger partial charge >= 0.3 is 5.97 Å². The van der Waals surface area contributed by atoms with E-state index in [1.807, 2.05) is 19.1 Å². The van der Waals surface area contributed by atoms with Gasteiger partial charge < -0.3 is 4.74 Å². The zero-order valence-electron chi connectivity index (χ0n) is 12.7. The van der Waals surface area contributed by atoms with Crippen LogP contribution in [-0.4, -0.2) is 21.5 Å². The van der Waals surface area contributed by atoms with Gasteiger partial charge in [0.15, 0.2) is 0 Å². The van der Waals surface area contributed by atoms with Crippen LogP contribution in [0.1, 0.15) is 21.5 Å². The average molecular weight is 354 g/mol. The smallest absolute Gasteiger partial charge is 0.337 e. The van der Waals surface area contributed by atoms with Crippen molar-refractivity contribution >= 4 is 33.3 Å². The van der Waals surface area contributed by atoms with Gasteiger partial charge in [0, 0.05) is 0 Å². The van der Waals surface area contributed by atoms with Crippen LogP contribution in [0.5, 0.6) is 0 Å². The van der Waals surface area contributed by atoms with Gasteiger partial charge in [-0.15, -0.1) is 0 Å². The number of carbonyl (C=O) groups excluding carboxylic acids is 1. The second kappa shape index (κ2) is 7.02. The van der Waals surface area contributed by atoms with E-state index >= 15 is 0 Å². The van der Waals surface area contributed by atoms with Crippen LogP contribution in [0.2, 0.25) is 5.02 Å². The van der Waals surface area contributed by atoms with Crippen LogP contribution >= 0.6 is 11.6 Å². The Balaban J connectivity index is 2.27. The minimum absolute atomic E-state index is 0.142. The third-order valence-corrected chi connectivity index (χ3v) is 4.81. The summed E-state index contributed by atoms with van der Waals surface area (Å²) in [5.74, 6) is -0.751. The van der Waals surface area contributed by atoms with Crippen LogP contribution in [-0.2, 0) is 20.5 Å². The molecule has 0 bridgehead atoms. The largest absolute Gasteiger partial charge is 0.465 e. The molecule has 122 valence electrons. The Morgan fingerprint density at radius 3 is 2.57 bits per heavy atom. The van der Waals surface area contributed by atoms with Crippen LogP contribution in [0.15, 0.2) is 42.5 Å². The highest BCUT2D eigenvalue weighted by Crippen LogP contribution is 2.25. The molecule has 0 aromatic heterocycles. The van der Waals surface area contributed by atoms with Gasteiger partial charge in [0.1, 0.15) is 0 Å². The number of carbonyl (C=O) groups is 1. The highest BCUT2D eigenvalue weighted by atomic mass is 35.5. The fourth-order valence-electron chi connectivity index (χ4n) is 2.03. The Morgan fingerprint density at radius 1 is 1.22 bits per heavy atom. The molecule has 0 heterocycles. The normalized spacial score (nSPS) is 11.1. The first-order valence-electron chi connectivity index (χ1n) is 6.75. The second-order valence-corrected chi connectivity index (χ2v) is 7.10. The Bertz CT molecular complexity index is 834. The SMILES string of the molecule is COC(=O)c1ccc(Cl)c(NS(=O)(=O)Cc2ccccc2C)c1. The van der Waals surface area contributed by atoms with Gasteiger partial charge in [0.05, 0.1) is 29.1 Å². The van der Waals surface area contributed by atoms with E-state index in [-0.39, 0.29) is 22.0 Å². The van der Waals surface area contributed by atoms with Gasteiger partial charge in [-0.25, -0.2) is 13.2 Å². The first-order chi connectivity index (χ1) is 10.8. The zero-order valence-corrected chi connectivity index (χ0v) is 14.2. The topological polar surface area (TPSA) is 72.5 Å². The minimum Gasteiger partial charge on any atom is -0.465 e. The summed E-state index contributed by atoms with van der Waals surface area (Å²) in [4.78, 5) is 11.5. The first kappa shape index (κ1) is 17.3. The minimum atomic E-state index is -3.67. The van der Waals surface area contributed by atoms with Crippen LogP contribution in [0.25, 0.3) is 0 Å². The molecule has 2 rings (SSSR count). The lowest BCUT2D eigenvalue weighted by Crippen LogP contribution is -2.16. The molecular weight excluding hydrogens is 338 g/mol. The van der Waals surface area contributed by atoms with Crippen molar-refractivity contribution in [3.05, 3.63) is 64.2 Å². The van der Waals surface area contributed by atoms with Gasteiger partial charge in [-0.2, -0.15) is 0 Å². The Kier molecular flexibility index (Phi) is 5.28. The molecule has 0 atom stereocenters. The summed E-state index contributed by atoms with van der Waals surface area (Å²) in [7, 11) is -2.42. The predicted molar refractivity (Wildman–Crippen MR) is 90.2 cm³/mol. The molecule has 0 radical (unpaired) electrons. The number of nitrogens with one attached hydrogen (secondary N) is 1. The van der Waals surface area contributed by atoms with E-state index in [1.165, 1.54) is 25.3 Å². The maximum absolute atomic E-state index is 12.3. The van der Waals surface area contributed by atoms with Gasteiger partial charge in [-0.3, -0.25) is 4.72 Å². The molecule has 0 aliphatic rings. The lowest BCUT2D eigenvalue weighted by molar-refractivity contribution is 0.0601. The molecule has 1 N–H and O–H groups in total. The first-order valence-corrected chi connectivity index (χ1v) is 8.78. The monoisotopic (exact) mass is 353 g/mol. The highest BCUT2D eigenvalue weighted by Gasteiger charge is 2.16. The number of hydrogen-bond acceptors (Lipinski definition) is 4. The molecule has 5 nitrogen and oxygen atoms in total. The number of sulfonamides is 1. The van der Waals surface area contributed by atoms with E-state index in [0.717, 1.165) is 5.56 Å². The molecule has 0 fully saturated rings. The van der Waals surface area contributed by atoms with E-state index in [0.29, 0.717) is 5.56 Å². The number of ether oxygens (including phenoxy) is 1. The number of methoxy groups -OCH3 is 1. The van der Waals surface area contributed by atoms with Gasteiger partial charge in [-0.05, 0) is 36.2 Å². The summed E-state index contributed by atoms with van der Waals surface area (Å²) in [5.41, 5.74) is 1.93. The van der Waals surface area contributed by atoms with Gasteiger partial charge in [-0.1, -0.05) is 35.9 Å². The van der Waals surface area contributed by atoms with Crippen LogP contribution in [0.3, 0.4) is 0 Å². The summed E-state index contributed by atoms with van der Waals surface area (Å²) in [6.07, 6.45) is 0. The van der Waals surface area contributed by atoms with Crippen molar-refractivity contribution in [2.24, 2.45) is 0 Å². The van der Waals surface area contributed by atoms with Crippen molar-refractivity contribution in [3.63, 3.8) is 0 Å². The molecule has 0 unspecified atom stereocenters. The quantitative estimate of drug-likeness (QED) is 0.836. The van der Waals surface area contributed by atoms with Crippen LogP contribution in [0, 0.1) is 6.92 Å². The number of anilines is 1. The fraction of sp³-hybridized carbons (Fsp3) is 0.188.